The number of carboxylic acids is 1. The lowest BCUT2D eigenvalue weighted by atomic mass is 10.1. The molecule has 0 aliphatic carbocycles. The van der Waals surface area contributed by atoms with Crippen molar-refractivity contribution in [1.29, 1.82) is 0 Å². The van der Waals surface area contributed by atoms with Gasteiger partial charge in [0, 0.05) is 6.04 Å². The first kappa shape index (κ1) is 13.8. The molecule has 0 spiro atoms. The van der Waals surface area contributed by atoms with Crippen molar-refractivity contribution in [2.75, 3.05) is 7.05 Å². The molecule has 0 aromatic carbocycles. The standard InChI is InChI=1S/C13H21NO3/c1-8(2)9(3)14(5)7-11-6-12(13(15)16)10(4)17-11/h6,8-9H,7H2,1-5H3,(H,15,16). The summed E-state index contributed by atoms with van der Waals surface area (Å²) in [5, 5.41) is 8.94. The lowest BCUT2D eigenvalue weighted by molar-refractivity contribution is 0.0695. The zero-order valence-corrected chi connectivity index (χ0v) is 11.2. The number of furan rings is 1. The highest BCUT2D eigenvalue weighted by Crippen LogP contribution is 2.18. The van der Waals surface area contributed by atoms with Gasteiger partial charge in [-0.05, 0) is 32.9 Å². The maximum Gasteiger partial charge on any atom is 0.339 e. The summed E-state index contributed by atoms with van der Waals surface area (Å²) in [5.41, 5.74) is 0.255. The number of aromatic carboxylic acids is 1. The molecule has 1 unspecified atom stereocenters. The first-order valence-corrected chi connectivity index (χ1v) is 5.85. The Labute approximate surface area is 102 Å². The van der Waals surface area contributed by atoms with Crippen LogP contribution in [-0.2, 0) is 6.54 Å². The van der Waals surface area contributed by atoms with Gasteiger partial charge in [0.25, 0.3) is 0 Å². The molecule has 0 bridgehead atoms. The van der Waals surface area contributed by atoms with Crippen LogP contribution in [0.4, 0.5) is 0 Å². The van der Waals surface area contributed by atoms with Crippen molar-refractivity contribution in [2.24, 2.45) is 5.92 Å². The molecule has 1 rings (SSSR count). The van der Waals surface area contributed by atoms with Crippen molar-refractivity contribution in [3.63, 3.8) is 0 Å². The Morgan fingerprint density at radius 3 is 2.47 bits per heavy atom. The van der Waals surface area contributed by atoms with E-state index in [0.717, 1.165) is 0 Å². The monoisotopic (exact) mass is 239 g/mol. The molecule has 4 heteroatoms. The minimum atomic E-state index is -0.933. The third-order valence-electron chi connectivity index (χ3n) is 3.26. The van der Waals surface area contributed by atoms with E-state index >= 15 is 0 Å². The van der Waals surface area contributed by atoms with Crippen LogP contribution in [-0.4, -0.2) is 29.1 Å². The molecule has 0 fully saturated rings. The Kier molecular flexibility index (Phi) is 4.34. The SMILES string of the molecule is Cc1oc(CN(C)C(C)C(C)C)cc1C(=O)O. The van der Waals surface area contributed by atoms with Crippen molar-refractivity contribution in [1.82, 2.24) is 4.90 Å². The van der Waals surface area contributed by atoms with Gasteiger partial charge < -0.3 is 9.52 Å². The van der Waals surface area contributed by atoms with Gasteiger partial charge in [-0.3, -0.25) is 4.90 Å². The fraction of sp³-hybridized carbons (Fsp3) is 0.615. The molecule has 0 saturated heterocycles. The van der Waals surface area contributed by atoms with Crippen LogP contribution in [0.2, 0.25) is 0 Å². The van der Waals surface area contributed by atoms with E-state index in [9.17, 15) is 4.79 Å². The fourth-order valence-electron chi connectivity index (χ4n) is 1.73. The van der Waals surface area contributed by atoms with Gasteiger partial charge in [0.15, 0.2) is 0 Å². The Morgan fingerprint density at radius 1 is 1.47 bits per heavy atom. The van der Waals surface area contributed by atoms with E-state index < -0.39 is 5.97 Å². The van der Waals surface area contributed by atoms with E-state index in [-0.39, 0.29) is 5.56 Å². The van der Waals surface area contributed by atoms with Crippen molar-refractivity contribution >= 4 is 5.97 Å². The molecule has 1 aromatic rings. The van der Waals surface area contributed by atoms with Gasteiger partial charge in [-0.1, -0.05) is 13.8 Å². The summed E-state index contributed by atoms with van der Waals surface area (Å²) >= 11 is 0. The summed E-state index contributed by atoms with van der Waals surface area (Å²) < 4.78 is 5.45. The summed E-state index contributed by atoms with van der Waals surface area (Å²) in [5.74, 6) is 0.792. The Hall–Kier alpha value is -1.29. The highest BCUT2D eigenvalue weighted by molar-refractivity contribution is 5.88. The van der Waals surface area contributed by atoms with Gasteiger partial charge in [-0.2, -0.15) is 0 Å². The molecule has 0 aliphatic rings. The molecule has 0 radical (unpaired) electrons. The highest BCUT2D eigenvalue weighted by Gasteiger charge is 2.18. The first-order valence-electron chi connectivity index (χ1n) is 5.85. The van der Waals surface area contributed by atoms with Crippen molar-refractivity contribution < 1.29 is 14.3 Å². The Bertz CT molecular complexity index is 395. The molecule has 96 valence electrons. The summed E-state index contributed by atoms with van der Waals surface area (Å²) in [6.07, 6.45) is 0. The summed E-state index contributed by atoms with van der Waals surface area (Å²) in [6, 6.07) is 2.04. The minimum Gasteiger partial charge on any atom is -0.478 e. The number of carbonyl (C=O) groups is 1. The maximum atomic E-state index is 10.9. The molecule has 4 nitrogen and oxygen atoms in total. The van der Waals surface area contributed by atoms with E-state index in [1.54, 1.807) is 13.0 Å². The van der Waals surface area contributed by atoms with Crippen LogP contribution in [0.15, 0.2) is 10.5 Å². The van der Waals surface area contributed by atoms with Crippen molar-refractivity contribution in [3.8, 4) is 0 Å². The van der Waals surface area contributed by atoms with Crippen LogP contribution < -0.4 is 0 Å². The lowest BCUT2D eigenvalue weighted by Crippen LogP contribution is -2.32. The molecular formula is C13H21NO3. The smallest absolute Gasteiger partial charge is 0.339 e. The zero-order valence-electron chi connectivity index (χ0n) is 11.2. The number of aryl methyl sites for hydroxylation is 1. The van der Waals surface area contributed by atoms with Crippen LogP contribution in [0.3, 0.4) is 0 Å². The topological polar surface area (TPSA) is 53.7 Å². The van der Waals surface area contributed by atoms with Gasteiger partial charge in [0.05, 0.1) is 6.54 Å². The molecule has 1 N–H and O–H groups in total. The summed E-state index contributed by atoms with van der Waals surface area (Å²) in [4.78, 5) is 13.1. The van der Waals surface area contributed by atoms with E-state index in [0.29, 0.717) is 30.0 Å². The van der Waals surface area contributed by atoms with Crippen molar-refractivity contribution in [3.05, 3.63) is 23.2 Å². The van der Waals surface area contributed by atoms with Crippen LogP contribution in [0, 0.1) is 12.8 Å². The van der Waals surface area contributed by atoms with Crippen LogP contribution in [0.25, 0.3) is 0 Å². The third kappa shape index (κ3) is 3.33. The number of rotatable bonds is 5. The van der Waals surface area contributed by atoms with E-state index in [4.69, 9.17) is 9.52 Å². The summed E-state index contributed by atoms with van der Waals surface area (Å²) in [6.45, 7) is 8.79. The molecule has 0 aliphatic heterocycles. The first-order chi connectivity index (χ1) is 7.82. The Morgan fingerprint density at radius 2 is 2.06 bits per heavy atom. The minimum absolute atomic E-state index is 0.255. The van der Waals surface area contributed by atoms with Gasteiger partial charge in [0.2, 0.25) is 0 Å². The molecular weight excluding hydrogens is 218 g/mol. The van der Waals surface area contributed by atoms with Crippen LogP contribution in [0.1, 0.15) is 42.6 Å². The van der Waals surface area contributed by atoms with E-state index in [2.05, 4.69) is 25.7 Å². The molecule has 1 aromatic heterocycles. The van der Waals surface area contributed by atoms with Gasteiger partial charge in [-0.25, -0.2) is 4.79 Å². The average molecular weight is 239 g/mol. The molecule has 1 heterocycles. The summed E-state index contributed by atoms with van der Waals surface area (Å²) in [7, 11) is 2.02. The molecule has 1 atom stereocenters. The van der Waals surface area contributed by atoms with Crippen LogP contribution in [0.5, 0.6) is 0 Å². The molecule has 0 saturated carbocycles. The molecule has 0 amide bonds. The quantitative estimate of drug-likeness (QED) is 0.858. The largest absolute Gasteiger partial charge is 0.478 e. The van der Waals surface area contributed by atoms with E-state index in [1.807, 2.05) is 7.05 Å². The van der Waals surface area contributed by atoms with Crippen molar-refractivity contribution in [2.45, 2.75) is 40.3 Å². The molecule has 17 heavy (non-hydrogen) atoms. The average Bonchev–Trinajstić information content (AvgIpc) is 2.58. The van der Waals surface area contributed by atoms with Gasteiger partial charge in [0.1, 0.15) is 17.1 Å². The number of nitrogens with zero attached hydrogens (tertiary/aromatic N) is 1. The van der Waals surface area contributed by atoms with Gasteiger partial charge in [-0.15, -0.1) is 0 Å². The third-order valence-corrected chi connectivity index (χ3v) is 3.26. The fourth-order valence-corrected chi connectivity index (χ4v) is 1.73. The van der Waals surface area contributed by atoms with Crippen LogP contribution >= 0.6 is 0 Å². The number of hydrogen-bond acceptors (Lipinski definition) is 3. The number of hydrogen-bond donors (Lipinski definition) is 1. The normalized spacial score (nSPS) is 13.4. The van der Waals surface area contributed by atoms with E-state index in [1.165, 1.54) is 0 Å². The number of carboxylic acid groups (broad SMARTS) is 1. The Balaban J connectivity index is 2.76. The zero-order chi connectivity index (χ0) is 13.2. The second-order valence-corrected chi connectivity index (χ2v) is 4.89. The second kappa shape index (κ2) is 5.36. The lowest BCUT2D eigenvalue weighted by Gasteiger charge is -2.26. The predicted octanol–water partition coefficient (Wildman–Crippen LogP) is 2.76. The van der Waals surface area contributed by atoms with Gasteiger partial charge >= 0.3 is 5.97 Å². The maximum absolute atomic E-state index is 10.9. The highest BCUT2D eigenvalue weighted by atomic mass is 16.4. The predicted molar refractivity (Wildman–Crippen MR) is 66.2 cm³/mol. The second-order valence-electron chi connectivity index (χ2n) is 4.89.